The van der Waals surface area contributed by atoms with Crippen molar-refractivity contribution in [2.24, 2.45) is 5.41 Å². The van der Waals surface area contributed by atoms with E-state index >= 15 is 0 Å². The third-order valence-electron chi connectivity index (χ3n) is 3.78. The molecule has 1 aliphatic carbocycles. The number of amides is 1. The van der Waals surface area contributed by atoms with E-state index in [-0.39, 0.29) is 11.9 Å². The molecule has 1 aromatic rings. The smallest absolute Gasteiger partial charge is 0.252 e. The highest BCUT2D eigenvalue weighted by Crippen LogP contribution is 2.35. The Bertz CT molecular complexity index is 485. The van der Waals surface area contributed by atoms with E-state index in [0.29, 0.717) is 16.7 Å². The number of rotatable bonds is 2. The van der Waals surface area contributed by atoms with Crippen LogP contribution in [0.15, 0.2) is 22.7 Å². The summed E-state index contributed by atoms with van der Waals surface area (Å²) in [4.78, 5) is 12.3. The minimum absolute atomic E-state index is 0.0399. The summed E-state index contributed by atoms with van der Waals surface area (Å²) in [7, 11) is 0. The Labute approximate surface area is 123 Å². The number of nitrogens with two attached hydrogens (primary N) is 1. The molecule has 19 heavy (non-hydrogen) atoms. The van der Waals surface area contributed by atoms with Crippen LogP contribution in [0.5, 0.6) is 0 Å². The van der Waals surface area contributed by atoms with Gasteiger partial charge in [0.05, 0.1) is 5.56 Å². The van der Waals surface area contributed by atoms with Gasteiger partial charge in [0.15, 0.2) is 0 Å². The average Bonchev–Trinajstić information content (AvgIpc) is 2.31. The molecule has 1 amide bonds. The molecule has 3 N–H and O–H groups in total. The first kappa shape index (κ1) is 14.4. The molecule has 1 atom stereocenters. The van der Waals surface area contributed by atoms with Crippen molar-refractivity contribution in [1.29, 1.82) is 0 Å². The van der Waals surface area contributed by atoms with E-state index in [9.17, 15) is 4.79 Å². The van der Waals surface area contributed by atoms with Crippen molar-refractivity contribution < 1.29 is 4.79 Å². The largest absolute Gasteiger partial charge is 0.399 e. The zero-order valence-electron chi connectivity index (χ0n) is 11.5. The normalized spacial score (nSPS) is 21.9. The highest BCUT2D eigenvalue weighted by molar-refractivity contribution is 9.10. The van der Waals surface area contributed by atoms with Crippen LogP contribution >= 0.6 is 15.9 Å². The molecule has 0 heterocycles. The molecule has 1 fully saturated rings. The van der Waals surface area contributed by atoms with Crippen LogP contribution in [0.25, 0.3) is 0 Å². The fraction of sp³-hybridized carbons (Fsp3) is 0.533. The molecule has 3 nitrogen and oxygen atoms in total. The van der Waals surface area contributed by atoms with E-state index in [2.05, 4.69) is 35.1 Å². The van der Waals surface area contributed by atoms with E-state index in [1.807, 2.05) is 6.07 Å². The Balaban J connectivity index is 2.06. The molecular formula is C15H21BrN2O. The van der Waals surface area contributed by atoms with E-state index in [1.54, 1.807) is 12.1 Å². The highest BCUT2D eigenvalue weighted by atomic mass is 79.9. The summed E-state index contributed by atoms with van der Waals surface area (Å²) in [5, 5.41) is 3.13. The lowest BCUT2D eigenvalue weighted by Crippen LogP contribution is -2.40. The molecule has 0 spiro atoms. The third kappa shape index (κ3) is 3.72. The van der Waals surface area contributed by atoms with Crippen molar-refractivity contribution in [3.63, 3.8) is 0 Å². The molecule has 1 unspecified atom stereocenters. The first-order chi connectivity index (χ1) is 8.87. The van der Waals surface area contributed by atoms with Gasteiger partial charge < -0.3 is 11.1 Å². The topological polar surface area (TPSA) is 55.1 Å². The number of carbonyl (C=O) groups excluding carboxylic acids is 1. The number of nitrogens with one attached hydrogen (secondary N) is 1. The maximum absolute atomic E-state index is 12.3. The molecule has 4 heteroatoms. The summed E-state index contributed by atoms with van der Waals surface area (Å²) in [5.41, 5.74) is 7.29. The quantitative estimate of drug-likeness (QED) is 0.814. The van der Waals surface area contributed by atoms with Crippen LogP contribution in [-0.2, 0) is 0 Å². The predicted octanol–water partition coefficient (Wildman–Crippen LogP) is 3.73. The Morgan fingerprint density at radius 3 is 2.89 bits per heavy atom. The van der Waals surface area contributed by atoms with Gasteiger partial charge in [-0.05, 0) is 58.8 Å². The summed E-state index contributed by atoms with van der Waals surface area (Å²) in [5.74, 6) is -0.0399. The minimum Gasteiger partial charge on any atom is -0.399 e. The molecular weight excluding hydrogens is 304 g/mol. The number of anilines is 1. The maximum Gasteiger partial charge on any atom is 0.252 e. The van der Waals surface area contributed by atoms with Crippen LogP contribution in [-0.4, -0.2) is 11.9 Å². The predicted molar refractivity (Wildman–Crippen MR) is 82.1 cm³/mol. The molecule has 104 valence electrons. The van der Waals surface area contributed by atoms with Gasteiger partial charge in [-0.25, -0.2) is 0 Å². The highest BCUT2D eigenvalue weighted by Gasteiger charge is 2.29. The molecule has 0 aromatic heterocycles. The van der Waals surface area contributed by atoms with Gasteiger partial charge in [-0.15, -0.1) is 0 Å². The van der Waals surface area contributed by atoms with Crippen molar-refractivity contribution in [3.05, 3.63) is 28.2 Å². The minimum atomic E-state index is -0.0399. The molecule has 1 aliphatic rings. The fourth-order valence-corrected chi connectivity index (χ4v) is 3.23. The van der Waals surface area contributed by atoms with E-state index in [0.717, 1.165) is 17.3 Å². The summed E-state index contributed by atoms with van der Waals surface area (Å²) >= 11 is 3.40. The summed E-state index contributed by atoms with van der Waals surface area (Å²) < 4.78 is 0.786. The van der Waals surface area contributed by atoms with E-state index < -0.39 is 0 Å². The lowest BCUT2D eigenvalue weighted by atomic mass is 9.75. The number of hydrogen-bond acceptors (Lipinski definition) is 2. The second-order valence-electron chi connectivity index (χ2n) is 6.17. The van der Waals surface area contributed by atoms with Crippen LogP contribution in [0.4, 0.5) is 5.69 Å². The van der Waals surface area contributed by atoms with Crippen molar-refractivity contribution in [2.45, 2.75) is 45.6 Å². The second kappa shape index (κ2) is 5.53. The number of hydrogen-bond donors (Lipinski definition) is 2. The molecule has 0 aliphatic heterocycles. The monoisotopic (exact) mass is 324 g/mol. The number of carbonyl (C=O) groups is 1. The van der Waals surface area contributed by atoms with Gasteiger partial charge in [0, 0.05) is 16.2 Å². The fourth-order valence-electron chi connectivity index (χ4n) is 2.80. The number of nitrogen functional groups attached to an aromatic ring is 1. The van der Waals surface area contributed by atoms with Crippen LogP contribution in [0.2, 0.25) is 0 Å². The summed E-state index contributed by atoms with van der Waals surface area (Å²) in [6.45, 7) is 4.53. The average molecular weight is 325 g/mol. The zero-order chi connectivity index (χ0) is 14.0. The van der Waals surface area contributed by atoms with Gasteiger partial charge in [0.2, 0.25) is 0 Å². The molecule has 0 radical (unpaired) electrons. The zero-order valence-corrected chi connectivity index (χ0v) is 13.1. The second-order valence-corrected chi connectivity index (χ2v) is 7.02. The number of halogens is 1. The Morgan fingerprint density at radius 1 is 1.47 bits per heavy atom. The Hall–Kier alpha value is -1.03. The van der Waals surface area contributed by atoms with Crippen molar-refractivity contribution in [3.8, 4) is 0 Å². The molecule has 0 bridgehead atoms. The van der Waals surface area contributed by atoms with Crippen LogP contribution < -0.4 is 11.1 Å². The van der Waals surface area contributed by atoms with Crippen molar-refractivity contribution in [2.75, 3.05) is 5.73 Å². The van der Waals surface area contributed by atoms with Crippen LogP contribution in [0.3, 0.4) is 0 Å². The molecule has 1 saturated carbocycles. The van der Waals surface area contributed by atoms with Gasteiger partial charge in [0.25, 0.3) is 5.91 Å². The van der Waals surface area contributed by atoms with Gasteiger partial charge in [-0.1, -0.05) is 20.3 Å². The molecule has 2 rings (SSSR count). The maximum atomic E-state index is 12.3. The van der Waals surface area contributed by atoms with Gasteiger partial charge >= 0.3 is 0 Å². The molecule has 1 aromatic carbocycles. The molecule has 0 saturated heterocycles. The van der Waals surface area contributed by atoms with Gasteiger partial charge in [0.1, 0.15) is 0 Å². The standard InChI is InChI=1S/C15H21BrN2O/c1-15(2)7-3-4-11(9-15)18-14(19)12-8-10(17)5-6-13(12)16/h5-6,8,11H,3-4,7,9,17H2,1-2H3,(H,18,19). The van der Waals surface area contributed by atoms with Crippen molar-refractivity contribution in [1.82, 2.24) is 5.32 Å². The first-order valence-corrected chi connectivity index (χ1v) is 7.53. The van der Waals surface area contributed by atoms with Gasteiger partial charge in [-0.3, -0.25) is 4.79 Å². The number of benzene rings is 1. The Morgan fingerprint density at radius 2 is 2.21 bits per heavy atom. The Kier molecular flexibility index (Phi) is 4.19. The first-order valence-electron chi connectivity index (χ1n) is 6.73. The van der Waals surface area contributed by atoms with Crippen molar-refractivity contribution >= 4 is 27.5 Å². The lowest BCUT2D eigenvalue weighted by Gasteiger charge is -2.35. The third-order valence-corrected chi connectivity index (χ3v) is 4.47. The van der Waals surface area contributed by atoms with Crippen LogP contribution in [0, 0.1) is 5.41 Å². The van der Waals surface area contributed by atoms with Crippen LogP contribution in [0.1, 0.15) is 49.9 Å². The van der Waals surface area contributed by atoms with Gasteiger partial charge in [-0.2, -0.15) is 0 Å². The van der Waals surface area contributed by atoms with E-state index in [4.69, 9.17) is 5.73 Å². The SMILES string of the molecule is CC1(C)CCCC(NC(=O)c2cc(N)ccc2Br)C1. The summed E-state index contributed by atoms with van der Waals surface area (Å²) in [6.07, 6.45) is 4.52. The lowest BCUT2D eigenvalue weighted by molar-refractivity contribution is 0.0902. The van der Waals surface area contributed by atoms with E-state index in [1.165, 1.54) is 12.8 Å². The summed E-state index contributed by atoms with van der Waals surface area (Å²) in [6, 6.07) is 5.58.